The van der Waals surface area contributed by atoms with Gasteiger partial charge in [0, 0.05) is 5.54 Å². The third-order valence-electron chi connectivity index (χ3n) is 1.36. The summed E-state index contributed by atoms with van der Waals surface area (Å²) < 4.78 is 14.7. The van der Waals surface area contributed by atoms with Gasteiger partial charge >= 0.3 is 0 Å². The number of benzene rings is 1. The zero-order valence-electron chi connectivity index (χ0n) is 8.20. The van der Waals surface area contributed by atoms with E-state index >= 15 is 0 Å². The highest BCUT2D eigenvalue weighted by Gasteiger charge is 2.13. The molecular formula is C10H15NOS. The Hall–Kier alpha value is -0.670. The predicted molar refractivity (Wildman–Crippen MR) is 55.7 cm³/mol. The van der Waals surface area contributed by atoms with E-state index in [1.807, 2.05) is 51.1 Å². The summed E-state index contributed by atoms with van der Waals surface area (Å²) in [7, 11) is -1.10. The minimum atomic E-state index is -1.10. The SMILES string of the molecule is CC(C)(C)NS(=O)c1ccccc1. The molecule has 0 amide bonds. The van der Waals surface area contributed by atoms with Crippen molar-refractivity contribution in [1.29, 1.82) is 0 Å². The van der Waals surface area contributed by atoms with Gasteiger partial charge < -0.3 is 0 Å². The lowest BCUT2D eigenvalue weighted by Crippen LogP contribution is -2.37. The van der Waals surface area contributed by atoms with Crippen LogP contribution in [0.25, 0.3) is 0 Å². The van der Waals surface area contributed by atoms with Gasteiger partial charge in [0.25, 0.3) is 0 Å². The van der Waals surface area contributed by atoms with Crippen molar-refractivity contribution in [2.75, 3.05) is 0 Å². The molecule has 0 aliphatic carbocycles. The fraction of sp³-hybridized carbons (Fsp3) is 0.400. The number of hydrogen-bond acceptors (Lipinski definition) is 1. The molecule has 0 bridgehead atoms. The van der Waals surface area contributed by atoms with Crippen molar-refractivity contribution in [2.24, 2.45) is 0 Å². The van der Waals surface area contributed by atoms with Crippen LogP contribution in [-0.2, 0) is 11.0 Å². The molecule has 1 aromatic carbocycles. The largest absolute Gasteiger partial charge is 0.237 e. The quantitative estimate of drug-likeness (QED) is 0.773. The molecule has 0 heterocycles. The summed E-state index contributed by atoms with van der Waals surface area (Å²) in [5.41, 5.74) is -0.124. The van der Waals surface area contributed by atoms with E-state index < -0.39 is 11.0 Å². The number of hydrogen-bond donors (Lipinski definition) is 1. The van der Waals surface area contributed by atoms with Gasteiger partial charge in [0.05, 0.1) is 4.90 Å². The van der Waals surface area contributed by atoms with E-state index in [9.17, 15) is 4.21 Å². The highest BCUT2D eigenvalue weighted by molar-refractivity contribution is 7.83. The Morgan fingerprint density at radius 3 is 2.15 bits per heavy atom. The standard InChI is InChI=1S/C10H15NOS/c1-10(2,3)11-13(12)9-7-5-4-6-8-9/h4-8,11H,1-3H3. The Morgan fingerprint density at radius 1 is 1.15 bits per heavy atom. The van der Waals surface area contributed by atoms with Gasteiger partial charge in [-0.05, 0) is 32.9 Å². The smallest absolute Gasteiger partial charge is 0.125 e. The summed E-state index contributed by atoms with van der Waals surface area (Å²) in [4.78, 5) is 0.817. The van der Waals surface area contributed by atoms with Gasteiger partial charge in [-0.15, -0.1) is 0 Å². The first-order chi connectivity index (χ1) is 5.99. The second-order valence-corrected chi connectivity index (χ2v) is 5.15. The molecule has 1 unspecified atom stereocenters. The van der Waals surface area contributed by atoms with Gasteiger partial charge in [-0.25, -0.2) is 8.93 Å². The third-order valence-corrected chi connectivity index (χ3v) is 2.85. The molecule has 1 rings (SSSR count). The second kappa shape index (κ2) is 4.03. The van der Waals surface area contributed by atoms with Gasteiger partial charge in [-0.1, -0.05) is 18.2 Å². The topological polar surface area (TPSA) is 29.1 Å². The molecule has 3 heteroatoms. The summed E-state index contributed by atoms with van der Waals surface area (Å²) in [6.45, 7) is 5.98. The minimum Gasteiger partial charge on any atom is -0.237 e. The molecule has 0 fully saturated rings. The second-order valence-electron chi connectivity index (χ2n) is 3.93. The molecule has 72 valence electrons. The molecule has 0 saturated heterocycles. The summed E-state index contributed by atoms with van der Waals surface area (Å²) in [5.74, 6) is 0. The highest BCUT2D eigenvalue weighted by Crippen LogP contribution is 2.07. The first-order valence-corrected chi connectivity index (χ1v) is 5.39. The first kappa shape index (κ1) is 10.4. The molecule has 0 aromatic heterocycles. The Labute approximate surface area is 82.0 Å². The Bertz CT molecular complexity index is 290. The van der Waals surface area contributed by atoms with E-state index in [-0.39, 0.29) is 5.54 Å². The van der Waals surface area contributed by atoms with Crippen LogP contribution in [0.1, 0.15) is 20.8 Å². The molecule has 1 aromatic rings. The molecule has 0 aliphatic rings. The van der Waals surface area contributed by atoms with Gasteiger partial charge in [0.15, 0.2) is 0 Å². The third kappa shape index (κ3) is 3.70. The summed E-state index contributed by atoms with van der Waals surface area (Å²) in [6, 6.07) is 9.40. The molecule has 0 spiro atoms. The minimum absolute atomic E-state index is 0.124. The van der Waals surface area contributed by atoms with Crippen LogP contribution < -0.4 is 4.72 Å². The van der Waals surface area contributed by atoms with Gasteiger partial charge in [0.1, 0.15) is 11.0 Å². The highest BCUT2D eigenvalue weighted by atomic mass is 32.2. The maximum absolute atomic E-state index is 11.7. The maximum Gasteiger partial charge on any atom is 0.125 e. The lowest BCUT2D eigenvalue weighted by atomic mass is 10.1. The van der Waals surface area contributed by atoms with Crippen molar-refractivity contribution < 1.29 is 4.21 Å². The van der Waals surface area contributed by atoms with Crippen molar-refractivity contribution in [3.8, 4) is 0 Å². The fourth-order valence-corrected chi connectivity index (χ4v) is 1.96. The Kier molecular flexibility index (Phi) is 3.22. The molecule has 13 heavy (non-hydrogen) atoms. The van der Waals surface area contributed by atoms with Crippen LogP contribution in [0.15, 0.2) is 35.2 Å². The van der Waals surface area contributed by atoms with E-state index in [1.54, 1.807) is 0 Å². The average molecular weight is 197 g/mol. The molecule has 0 radical (unpaired) electrons. The van der Waals surface area contributed by atoms with Crippen LogP contribution in [0.2, 0.25) is 0 Å². The van der Waals surface area contributed by atoms with Crippen molar-refractivity contribution in [3.63, 3.8) is 0 Å². The molecule has 1 atom stereocenters. The van der Waals surface area contributed by atoms with Crippen molar-refractivity contribution in [3.05, 3.63) is 30.3 Å². The van der Waals surface area contributed by atoms with Crippen LogP contribution in [-0.4, -0.2) is 9.75 Å². The molecular weight excluding hydrogens is 182 g/mol. The first-order valence-electron chi connectivity index (χ1n) is 4.24. The van der Waals surface area contributed by atoms with E-state index in [0.717, 1.165) is 4.90 Å². The Morgan fingerprint density at radius 2 is 1.69 bits per heavy atom. The fourth-order valence-electron chi connectivity index (χ4n) is 0.881. The zero-order chi connectivity index (χ0) is 9.90. The van der Waals surface area contributed by atoms with E-state index in [0.29, 0.717) is 0 Å². The average Bonchev–Trinajstić information content (AvgIpc) is 2.03. The van der Waals surface area contributed by atoms with Crippen LogP contribution in [0.5, 0.6) is 0 Å². The zero-order valence-corrected chi connectivity index (χ0v) is 9.02. The number of nitrogens with one attached hydrogen (secondary N) is 1. The van der Waals surface area contributed by atoms with Gasteiger partial charge in [-0.3, -0.25) is 0 Å². The van der Waals surface area contributed by atoms with Gasteiger partial charge in [0.2, 0.25) is 0 Å². The van der Waals surface area contributed by atoms with E-state index in [4.69, 9.17) is 0 Å². The lowest BCUT2D eigenvalue weighted by molar-refractivity contribution is 0.519. The summed E-state index contributed by atoms with van der Waals surface area (Å²) >= 11 is 0. The van der Waals surface area contributed by atoms with Crippen LogP contribution in [0.4, 0.5) is 0 Å². The van der Waals surface area contributed by atoms with Crippen LogP contribution >= 0.6 is 0 Å². The normalized spacial score (nSPS) is 14.1. The van der Waals surface area contributed by atoms with E-state index in [2.05, 4.69) is 4.72 Å². The van der Waals surface area contributed by atoms with E-state index in [1.165, 1.54) is 0 Å². The van der Waals surface area contributed by atoms with Crippen LogP contribution in [0.3, 0.4) is 0 Å². The molecule has 0 aliphatic heterocycles. The monoisotopic (exact) mass is 197 g/mol. The predicted octanol–water partition coefficient (Wildman–Crippen LogP) is 2.10. The van der Waals surface area contributed by atoms with Gasteiger partial charge in [-0.2, -0.15) is 0 Å². The van der Waals surface area contributed by atoms with Crippen LogP contribution in [0, 0.1) is 0 Å². The lowest BCUT2D eigenvalue weighted by Gasteiger charge is -2.19. The summed E-state index contributed by atoms with van der Waals surface area (Å²) in [6.07, 6.45) is 0. The molecule has 2 nitrogen and oxygen atoms in total. The maximum atomic E-state index is 11.7. The molecule has 0 saturated carbocycles. The van der Waals surface area contributed by atoms with Crippen molar-refractivity contribution in [2.45, 2.75) is 31.2 Å². The number of rotatable bonds is 2. The molecule has 1 N–H and O–H groups in total. The van der Waals surface area contributed by atoms with Crippen molar-refractivity contribution >= 4 is 11.0 Å². The summed E-state index contributed by atoms with van der Waals surface area (Å²) in [5, 5.41) is 0. The Balaban J connectivity index is 2.71. The van der Waals surface area contributed by atoms with Crippen molar-refractivity contribution in [1.82, 2.24) is 4.72 Å².